The maximum Gasteiger partial charge on any atom is 0.285 e. The zero-order chi connectivity index (χ0) is 12.1. The molecule has 17 heavy (non-hydrogen) atoms. The zero-order valence-corrected chi connectivity index (χ0v) is 9.64. The molecule has 2 heterocycles. The number of amides is 1. The van der Waals surface area contributed by atoms with Gasteiger partial charge in [0.05, 0.1) is 25.6 Å². The Morgan fingerprint density at radius 1 is 1.41 bits per heavy atom. The molecule has 0 atom stereocenters. The lowest BCUT2D eigenvalue weighted by molar-refractivity contribution is 0.0124. The van der Waals surface area contributed by atoms with Crippen molar-refractivity contribution in [3.63, 3.8) is 0 Å². The third-order valence-electron chi connectivity index (χ3n) is 2.39. The van der Waals surface area contributed by atoms with Crippen LogP contribution in [0.25, 0.3) is 0 Å². The van der Waals surface area contributed by atoms with Crippen LogP contribution in [0.15, 0.2) is 12.4 Å². The van der Waals surface area contributed by atoms with Crippen molar-refractivity contribution in [2.75, 3.05) is 38.7 Å². The van der Waals surface area contributed by atoms with Crippen LogP contribution in [-0.2, 0) is 4.74 Å². The molecule has 2 rings (SSSR count). The fraction of sp³-hybridized carbons (Fsp3) is 0.500. The standard InChI is InChI=1S/C10H15N5O2/c1-11-9-7-12-6-8(13-9)10(16)14-15-2-4-17-5-3-15/h6-7H,2-5H2,1H3,(H,11,13)(H,14,16). The summed E-state index contributed by atoms with van der Waals surface area (Å²) in [7, 11) is 1.73. The largest absolute Gasteiger partial charge is 0.379 e. The molecule has 1 aromatic rings. The SMILES string of the molecule is CNc1cncc(C(=O)NN2CCOCC2)n1. The highest BCUT2D eigenvalue weighted by molar-refractivity contribution is 5.91. The van der Waals surface area contributed by atoms with E-state index in [-0.39, 0.29) is 5.91 Å². The van der Waals surface area contributed by atoms with Gasteiger partial charge >= 0.3 is 0 Å². The Labute approximate surface area is 99.2 Å². The molecule has 1 aromatic heterocycles. The van der Waals surface area contributed by atoms with E-state index in [1.165, 1.54) is 6.20 Å². The fourth-order valence-electron chi connectivity index (χ4n) is 1.47. The lowest BCUT2D eigenvalue weighted by Crippen LogP contribution is -2.48. The van der Waals surface area contributed by atoms with Crippen LogP contribution < -0.4 is 10.7 Å². The summed E-state index contributed by atoms with van der Waals surface area (Å²) >= 11 is 0. The molecular formula is C10H15N5O2. The maximum absolute atomic E-state index is 11.9. The molecular weight excluding hydrogens is 222 g/mol. The van der Waals surface area contributed by atoms with Crippen LogP contribution in [0.1, 0.15) is 10.5 Å². The van der Waals surface area contributed by atoms with Crippen LogP contribution in [0.3, 0.4) is 0 Å². The van der Waals surface area contributed by atoms with Crippen LogP contribution in [-0.4, -0.2) is 54.2 Å². The molecule has 92 valence electrons. The van der Waals surface area contributed by atoms with Gasteiger partial charge in [-0.2, -0.15) is 0 Å². The van der Waals surface area contributed by atoms with Crippen LogP contribution in [0.5, 0.6) is 0 Å². The number of anilines is 1. The Hall–Kier alpha value is -1.73. The van der Waals surface area contributed by atoms with Crippen molar-refractivity contribution in [1.29, 1.82) is 0 Å². The van der Waals surface area contributed by atoms with E-state index in [0.29, 0.717) is 37.8 Å². The molecule has 1 aliphatic heterocycles. The van der Waals surface area contributed by atoms with Gasteiger partial charge in [-0.15, -0.1) is 0 Å². The van der Waals surface area contributed by atoms with Gasteiger partial charge in [0.15, 0.2) is 0 Å². The van der Waals surface area contributed by atoms with Crippen molar-refractivity contribution in [1.82, 2.24) is 20.4 Å². The van der Waals surface area contributed by atoms with E-state index in [1.54, 1.807) is 13.2 Å². The van der Waals surface area contributed by atoms with Crippen LogP contribution in [0.2, 0.25) is 0 Å². The third-order valence-corrected chi connectivity index (χ3v) is 2.39. The summed E-state index contributed by atoms with van der Waals surface area (Å²) in [6, 6.07) is 0. The number of aromatic nitrogens is 2. The summed E-state index contributed by atoms with van der Waals surface area (Å²) in [6.07, 6.45) is 3.00. The molecule has 1 amide bonds. The minimum atomic E-state index is -0.253. The second-order valence-electron chi connectivity index (χ2n) is 3.58. The summed E-state index contributed by atoms with van der Waals surface area (Å²) in [5, 5.41) is 4.66. The minimum absolute atomic E-state index is 0.253. The van der Waals surface area contributed by atoms with Crippen molar-refractivity contribution in [3.8, 4) is 0 Å². The molecule has 0 unspecified atom stereocenters. The highest BCUT2D eigenvalue weighted by atomic mass is 16.5. The lowest BCUT2D eigenvalue weighted by Gasteiger charge is -2.26. The molecule has 2 N–H and O–H groups in total. The van der Waals surface area contributed by atoms with E-state index >= 15 is 0 Å². The van der Waals surface area contributed by atoms with Crippen molar-refractivity contribution >= 4 is 11.7 Å². The number of nitrogens with one attached hydrogen (secondary N) is 2. The van der Waals surface area contributed by atoms with Gasteiger partial charge in [-0.05, 0) is 0 Å². The van der Waals surface area contributed by atoms with E-state index < -0.39 is 0 Å². The van der Waals surface area contributed by atoms with Gasteiger partial charge in [0.25, 0.3) is 5.91 Å². The van der Waals surface area contributed by atoms with Gasteiger partial charge in [0.2, 0.25) is 0 Å². The summed E-state index contributed by atoms with van der Waals surface area (Å²) in [4.78, 5) is 19.9. The molecule has 7 heteroatoms. The van der Waals surface area contributed by atoms with Crippen molar-refractivity contribution in [2.45, 2.75) is 0 Å². The Kier molecular flexibility index (Phi) is 3.84. The van der Waals surface area contributed by atoms with Gasteiger partial charge < -0.3 is 10.1 Å². The first kappa shape index (κ1) is 11.7. The Bertz CT molecular complexity index is 392. The molecule has 1 aliphatic rings. The number of hydrogen-bond donors (Lipinski definition) is 2. The molecule has 0 spiro atoms. The topological polar surface area (TPSA) is 79.4 Å². The normalized spacial score (nSPS) is 16.5. The van der Waals surface area contributed by atoms with E-state index in [4.69, 9.17) is 4.74 Å². The van der Waals surface area contributed by atoms with Crippen molar-refractivity contribution in [2.24, 2.45) is 0 Å². The highest BCUT2D eigenvalue weighted by Crippen LogP contribution is 2.01. The maximum atomic E-state index is 11.9. The van der Waals surface area contributed by atoms with E-state index in [9.17, 15) is 4.79 Å². The number of morpholine rings is 1. The predicted molar refractivity (Wildman–Crippen MR) is 61.4 cm³/mol. The molecule has 0 bridgehead atoms. The Balaban J connectivity index is 1.98. The molecule has 0 saturated carbocycles. The second-order valence-corrected chi connectivity index (χ2v) is 3.58. The molecule has 0 aliphatic carbocycles. The third kappa shape index (κ3) is 3.11. The Morgan fingerprint density at radius 2 is 2.18 bits per heavy atom. The van der Waals surface area contributed by atoms with Gasteiger partial charge in [-0.1, -0.05) is 0 Å². The average molecular weight is 237 g/mol. The summed E-state index contributed by atoms with van der Waals surface area (Å²) in [6.45, 7) is 2.63. The first-order chi connectivity index (χ1) is 8.29. The molecule has 0 radical (unpaired) electrons. The molecule has 0 aromatic carbocycles. The van der Waals surface area contributed by atoms with Crippen LogP contribution in [0, 0.1) is 0 Å². The van der Waals surface area contributed by atoms with E-state index in [1.807, 2.05) is 5.01 Å². The number of carbonyl (C=O) groups is 1. The molecule has 7 nitrogen and oxygen atoms in total. The van der Waals surface area contributed by atoms with Crippen LogP contribution in [0.4, 0.5) is 5.82 Å². The van der Waals surface area contributed by atoms with E-state index in [2.05, 4.69) is 20.7 Å². The predicted octanol–water partition coefficient (Wildman–Crippen LogP) is -0.505. The summed E-state index contributed by atoms with van der Waals surface area (Å²) < 4.78 is 5.19. The van der Waals surface area contributed by atoms with Gasteiger partial charge in [-0.3, -0.25) is 15.2 Å². The fourth-order valence-corrected chi connectivity index (χ4v) is 1.47. The number of hydrogen-bond acceptors (Lipinski definition) is 6. The van der Waals surface area contributed by atoms with Crippen molar-refractivity contribution in [3.05, 3.63) is 18.1 Å². The lowest BCUT2D eigenvalue weighted by atomic mass is 10.4. The number of nitrogens with zero attached hydrogens (tertiary/aromatic N) is 3. The van der Waals surface area contributed by atoms with Crippen LogP contribution >= 0.6 is 0 Å². The summed E-state index contributed by atoms with van der Waals surface area (Å²) in [5.41, 5.74) is 3.07. The Morgan fingerprint density at radius 3 is 2.88 bits per heavy atom. The highest BCUT2D eigenvalue weighted by Gasteiger charge is 2.15. The number of hydrazine groups is 1. The molecule has 1 saturated heterocycles. The first-order valence-corrected chi connectivity index (χ1v) is 5.43. The average Bonchev–Trinajstić information content (AvgIpc) is 2.40. The summed E-state index contributed by atoms with van der Waals surface area (Å²) in [5.74, 6) is 0.316. The number of rotatable bonds is 3. The van der Waals surface area contributed by atoms with Crippen molar-refractivity contribution < 1.29 is 9.53 Å². The monoisotopic (exact) mass is 237 g/mol. The molecule has 1 fully saturated rings. The number of carbonyl (C=O) groups excluding carboxylic acids is 1. The quantitative estimate of drug-likeness (QED) is 0.737. The number of ether oxygens (including phenoxy) is 1. The zero-order valence-electron chi connectivity index (χ0n) is 9.64. The van der Waals surface area contributed by atoms with Gasteiger partial charge in [0, 0.05) is 20.1 Å². The van der Waals surface area contributed by atoms with E-state index in [0.717, 1.165) is 0 Å². The minimum Gasteiger partial charge on any atom is -0.379 e. The first-order valence-electron chi connectivity index (χ1n) is 5.43. The second kappa shape index (κ2) is 5.55. The smallest absolute Gasteiger partial charge is 0.285 e. The van der Waals surface area contributed by atoms with Gasteiger partial charge in [0.1, 0.15) is 11.5 Å². The van der Waals surface area contributed by atoms with Gasteiger partial charge in [-0.25, -0.2) is 9.99 Å².